The molecule has 2 rings (SSSR count). The molecule has 0 bridgehead atoms. The Labute approximate surface area is 135 Å². The van der Waals surface area contributed by atoms with Gasteiger partial charge in [-0.05, 0) is 26.7 Å². The lowest BCUT2D eigenvalue weighted by Gasteiger charge is -2.24. The van der Waals surface area contributed by atoms with Crippen molar-refractivity contribution in [2.45, 2.75) is 58.1 Å². The van der Waals surface area contributed by atoms with Crippen molar-refractivity contribution in [3.63, 3.8) is 0 Å². The average molecular weight is 328 g/mol. The summed E-state index contributed by atoms with van der Waals surface area (Å²) in [6.45, 7) is 3.24. The van der Waals surface area contributed by atoms with Crippen LogP contribution in [-0.4, -0.2) is 33.8 Å². The Morgan fingerprint density at radius 3 is 2.55 bits per heavy atom. The SMILES string of the molecule is Cc1nn(C)c(Cl)c1C(=O)OC(C)C(=O)NC1CCCCC1. The van der Waals surface area contributed by atoms with Crippen molar-refractivity contribution in [1.82, 2.24) is 15.1 Å². The van der Waals surface area contributed by atoms with E-state index in [0.29, 0.717) is 5.69 Å². The Hall–Kier alpha value is -1.56. The number of hydrogen-bond acceptors (Lipinski definition) is 4. The third-order valence-electron chi connectivity index (χ3n) is 3.96. The fourth-order valence-corrected chi connectivity index (χ4v) is 2.95. The van der Waals surface area contributed by atoms with Crippen LogP contribution in [0.25, 0.3) is 0 Å². The van der Waals surface area contributed by atoms with Gasteiger partial charge in [0.2, 0.25) is 0 Å². The summed E-state index contributed by atoms with van der Waals surface area (Å²) in [5.74, 6) is -0.889. The van der Waals surface area contributed by atoms with Crippen LogP contribution in [0.4, 0.5) is 0 Å². The average Bonchev–Trinajstić information content (AvgIpc) is 2.73. The van der Waals surface area contributed by atoms with E-state index in [2.05, 4.69) is 10.4 Å². The van der Waals surface area contributed by atoms with Crippen LogP contribution >= 0.6 is 11.6 Å². The van der Waals surface area contributed by atoms with E-state index in [1.54, 1.807) is 20.9 Å². The molecule has 1 aliphatic rings. The zero-order valence-electron chi connectivity index (χ0n) is 13.2. The zero-order valence-corrected chi connectivity index (χ0v) is 13.9. The number of nitrogens with one attached hydrogen (secondary N) is 1. The maximum Gasteiger partial charge on any atom is 0.343 e. The van der Waals surface area contributed by atoms with E-state index in [9.17, 15) is 9.59 Å². The van der Waals surface area contributed by atoms with Crippen molar-refractivity contribution < 1.29 is 14.3 Å². The summed E-state index contributed by atoms with van der Waals surface area (Å²) in [6, 6.07) is 0.186. The molecule has 1 aliphatic carbocycles. The highest BCUT2D eigenvalue weighted by molar-refractivity contribution is 6.32. The van der Waals surface area contributed by atoms with Gasteiger partial charge in [0, 0.05) is 13.1 Å². The normalized spacial score (nSPS) is 17.1. The molecule has 6 nitrogen and oxygen atoms in total. The Kier molecular flexibility index (Phi) is 5.45. The van der Waals surface area contributed by atoms with Crippen LogP contribution in [0.15, 0.2) is 0 Å². The molecular formula is C15H22ClN3O3. The largest absolute Gasteiger partial charge is 0.449 e. The molecule has 1 amide bonds. The summed E-state index contributed by atoms with van der Waals surface area (Å²) < 4.78 is 6.63. The molecule has 1 unspecified atom stereocenters. The first-order valence-corrected chi connectivity index (χ1v) is 7.98. The quantitative estimate of drug-likeness (QED) is 0.862. The third kappa shape index (κ3) is 3.80. The van der Waals surface area contributed by atoms with Crippen LogP contribution in [0, 0.1) is 6.92 Å². The monoisotopic (exact) mass is 327 g/mol. The lowest BCUT2D eigenvalue weighted by molar-refractivity contribution is -0.130. The number of esters is 1. The van der Waals surface area contributed by atoms with Crippen LogP contribution in [0.5, 0.6) is 0 Å². The number of carbonyl (C=O) groups excluding carboxylic acids is 2. The molecule has 1 heterocycles. The predicted octanol–water partition coefficient (Wildman–Crippen LogP) is 2.38. The van der Waals surface area contributed by atoms with Crippen molar-refractivity contribution in [2.75, 3.05) is 0 Å². The molecular weight excluding hydrogens is 306 g/mol. The number of halogens is 1. The molecule has 7 heteroatoms. The van der Waals surface area contributed by atoms with E-state index < -0.39 is 12.1 Å². The van der Waals surface area contributed by atoms with Gasteiger partial charge in [-0.15, -0.1) is 0 Å². The Morgan fingerprint density at radius 1 is 1.36 bits per heavy atom. The highest BCUT2D eigenvalue weighted by atomic mass is 35.5. The standard InChI is InChI=1S/C15H22ClN3O3/c1-9-12(13(16)19(3)18-9)15(21)22-10(2)14(20)17-11-7-5-4-6-8-11/h10-11H,4-8H2,1-3H3,(H,17,20). The van der Waals surface area contributed by atoms with Crippen LogP contribution in [0.3, 0.4) is 0 Å². The number of hydrogen-bond donors (Lipinski definition) is 1. The fourth-order valence-electron chi connectivity index (χ4n) is 2.70. The summed E-state index contributed by atoms with van der Waals surface area (Å²) in [4.78, 5) is 24.3. The van der Waals surface area contributed by atoms with Gasteiger partial charge in [0.15, 0.2) is 6.10 Å². The van der Waals surface area contributed by atoms with Gasteiger partial charge in [0.05, 0.1) is 5.69 Å². The number of ether oxygens (including phenoxy) is 1. The van der Waals surface area contributed by atoms with Crippen LogP contribution < -0.4 is 5.32 Å². The molecule has 1 aromatic rings. The van der Waals surface area contributed by atoms with Crippen molar-refractivity contribution in [1.29, 1.82) is 0 Å². The first kappa shape index (κ1) is 16.8. The molecule has 0 aromatic carbocycles. The Bertz CT molecular complexity index is 565. The number of aryl methyl sites for hydroxylation is 2. The Morgan fingerprint density at radius 2 is 2.00 bits per heavy atom. The van der Waals surface area contributed by atoms with E-state index in [0.717, 1.165) is 25.7 Å². The molecule has 0 radical (unpaired) electrons. The van der Waals surface area contributed by atoms with Gasteiger partial charge in [0.25, 0.3) is 5.91 Å². The first-order valence-electron chi connectivity index (χ1n) is 7.60. The molecule has 0 aliphatic heterocycles. The molecule has 1 atom stereocenters. The van der Waals surface area contributed by atoms with Gasteiger partial charge >= 0.3 is 5.97 Å². The van der Waals surface area contributed by atoms with Gasteiger partial charge in [-0.1, -0.05) is 30.9 Å². The molecule has 0 saturated heterocycles. The molecule has 22 heavy (non-hydrogen) atoms. The zero-order chi connectivity index (χ0) is 16.3. The first-order chi connectivity index (χ1) is 10.4. The molecule has 1 fully saturated rings. The predicted molar refractivity (Wildman–Crippen MR) is 82.8 cm³/mol. The second-order valence-electron chi connectivity index (χ2n) is 5.77. The van der Waals surface area contributed by atoms with E-state index >= 15 is 0 Å². The van der Waals surface area contributed by atoms with Crippen molar-refractivity contribution in [3.05, 3.63) is 16.4 Å². The molecule has 1 N–H and O–H groups in total. The number of rotatable bonds is 4. The topological polar surface area (TPSA) is 73.2 Å². The van der Waals surface area contributed by atoms with Crippen LogP contribution in [0.2, 0.25) is 5.15 Å². The second-order valence-corrected chi connectivity index (χ2v) is 6.12. The highest BCUT2D eigenvalue weighted by Crippen LogP contribution is 2.21. The summed E-state index contributed by atoms with van der Waals surface area (Å²) >= 11 is 6.03. The van der Waals surface area contributed by atoms with Gasteiger partial charge in [-0.25, -0.2) is 4.79 Å². The van der Waals surface area contributed by atoms with Gasteiger partial charge in [-0.2, -0.15) is 5.10 Å². The maximum atomic E-state index is 12.2. The van der Waals surface area contributed by atoms with E-state index in [1.807, 2.05) is 0 Å². The number of aromatic nitrogens is 2. The van der Waals surface area contributed by atoms with Crippen molar-refractivity contribution in [3.8, 4) is 0 Å². The third-order valence-corrected chi connectivity index (χ3v) is 4.39. The van der Waals surface area contributed by atoms with Gasteiger partial charge in [0.1, 0.15) is 10.7 Å². The number of amides is 1. The van der Waals surface area contributed by atoms with Gasteiger partial charge < -0.3 is 10.1 Å². The molecule has 1 aromatic heterocycles. The lowest BCUT2D eigenvalue weighted by atomic mass is 9.95. The minimum atomic E-state index is -0.856. The van der Waals surface area contributed by atoms with Crippen molar-refractivity contribution >= 4 is 23.5 Å². The summed E-state index contributed by atoms with van der Waals surface area (Å²) in [6.07, 6.45) is 4.59. The van der Waals surface area contributed by atoms with E-state index in [1.165, 1.54) is 11.1 Å². The molecule has 1 saturated carbocycles. The minimum Gasteiger partial charge on any atom is -0.449 e. The molecule has 0 spiro atoms. The smallest absolute Gasteiger partial charge is 0.343 e. The lowest BCUT2D eigenvalue weighted by Crippen LogP contribution is -2.42. The Balaban J connectivity index is 1.94. The van der Waals surface area contributed by atoms with Crippen LogP contribution in [-0.2, 0) is 16.6 Å². The number of carbonyl (C=O) groups is 2. The van der Waals surface area contributed by atoms with Crippen molar-refractivity contribution in [2.24, 2.45) is 7.05 Å². The summed E-state index contributed by atoms with van der Waals surface area (Å²) in [7, 11) is 1.64. The van der Waals surface area contributed by atoms with E-state index in [4.69, 9.17) is 16.3 Å². The summed E-state index contributed by atoms with van der Waals surface area (Å²) in [5, 5.41) is 7.21. The maximum absolute atomic E-state index is 12.2. The highest BCUT2D eigenvalue weighted by Gasteiger charge is 2.26. The molecule has 122 valence electrons. The second kappa shape index (κ2) is 7.13. The van der Waals surface area contributed by atoms with Gasteiger partial charge in [-0.3, -0.25) is 9.48 Å². The number of nitrogens with zero attached hydrogens (tertiary/aromatic N) is 2. The summed E-state index contributed by atoms with van der Waals surface area (Å²) in [5.41, 5.74) is 0.693. The van der Waals surface area contributed by atoms with E-state index in [-0.39, 0.29) is 22.7 Å². The fraction of sp³-hybridized carbons (Fsp3) is 0.667. The minimum absolute atomic E-state index is 0.186. The van der Waals surface area contributed by atoms with Crippen LogP contribution in [0.1, 0.15) is 55.1 Å².